The molecule has 2 aromatic heterocycles. The number of amides is 2. The van der Waals surface area contributed by atoms with Crippen molar-refractivity contribution in [3.63, 3.8) is 0 Å². The number of nitrogens with one attached hydrogen (secondary N) is 1. The zero-order valence-electron chi connectivity index (χ0n) is 16.2. The minimum absolute atomic E-state index is 0.0517. The van der Waals surface area contributed by atoms with Gasteiger partial charge in [0.25, 0.3) is 0 Å². The maximum Gasteiger partial charge on any atom is 0.228 e. The van der Waals surface area contributed by atoms with E-state index in [9.17, 15) is 9.59 Å². The maximum atomic E-state index is 12.2. The number of aromatic nitrogens is 2. The van der Waals surface area contributed by atoms with Gasteiger partial charge in [0.15, 0.2) is 5.13 Å². The van der Waals surface area contributed by atoms with Crippen molar-refractivity contribution in [2.45, 2.75) is 32.6 Å². The van der Waals surface area contributed by atoms with Crippen LogP contribution in [0.4, 0.5) is 5.13 Å². The second-order valence-corrected chi connectivity index (χ2v) is 8.89. The lowest BCUT2D eigenvalue weighted by Gasteiger charge is -2.10. The largest absolute Gasteiger partial charge is 0.355 e. The third kappa shape index (κ3) is 4.89. The maximum absolute atomic E-state index is 12.2. The van der Waals surface area contributed by atoms with E-state index in [1.54, 1.807) is 16.2 Å². The number of nitrogens with zero attached hydrogens (tertiary/aromatic N) is 3. The minimum atomic E-state index is -0.0517. The second-order valence-electron chi connectivity index (χ2n) is 7.00. The van der Waals surface area contributed by atoms with Crippen molar-refractivity contribution < 1.29 is 9.59 Å². The Morgan fingerprint density at radius 1 is 1.17 bits per heavy atom. The zero-order chi connectivity index (χ0) is 20.2. The molecule has 1 saturated heterocycles. The van der Waals surface area contributed by atoms with Gasteiger partial charge in [-0.15, -0.1) is 22.7 Å². The topological polar surface area (TPSA) is 75.2 Å². The predicted octanol–water partition coefficient (Wildman–Crippen LogP) is 3.60. The molecular formula is C21H22N4O2S2. The summed E-state index contributed by atoms with van der Waals surface area (Å²) in [5.74, 6) is 0.0652. The summed E-state index contributed by atoms with van der Waals surface area (Å²) in [4.78, 5) is 34.7. The normalized spacial score (nSPS) is 13.8. The van der Waals surface area contributed by atoms with Gasteiger partial charge >= 0.3 is 0 Å². The molecule has 8 heteroatoms. The van der Waals surface area contributed by atoms with Crippen LogP contribution in [0, 0.1) is 6.92 Å². The average Bonchev–Trinajstić information content (AvgIpc) is 3.44. The van der Waals surface area contributed by atoms with Crippen molar-refractivity contribution in [2.24, 2.45) is 0 Å². The number of carbonyl (C=O) groups excluding carboxylic acids is 2. The van der Waals surface area contributed by atoms with Crippen LogP contribution < -0.4 is 10.2 Å². The molecule has 0 radical (unpaired) electrons. The summed E-state index contributed by atoms with van der Waals surface area (Å²) < 4.78 is 0. The number of anilines is 1. The average molecular weight is 427 g/mol. The van der Waals surface area contributed by atoms with Crippen LogP contribution in [0.15, 0.2) is 35.0 Å². The molecule has 1 aromatic carbocycles. The summed E-state index contributed by atoms with van der Waals surface area (Å²) in [5, 5.41) is 8.64. The van der Waals surface area contributed by atoms with Gasteiger partial charge in [-0.3, -0.25) is 14.5 Å². The number of thiazole rings is 2. The van der Waals surface area contributed by atoms with Gasteiger partial charge in [0.1, 0.15) is 0 Å². The molecule has 1 fully saturated rings. The van der Waals surface area contributed by atoms with Gasteiger partial charge < -0.3 is 5.32 Å². The molecule has 1 aliphatic heterocycles. The molecule has 0 saturated carbocycles. The van der Waals surface area contributed by atoms with Gasteiger partial charge in [-0.2, -0.15) is 0 Å². The Balaban J connectivity index is 1.24. The van der Waals surface area contributed by atoms with E-state index in [4.69, 9.17) is 0 Å². The molecule has 0 unspecified atom stereocenters. The van der Waals surface area contributed by atoms with Crippen LogP contribution in [0.5, 0.6) is 0 Å². The molecule has 1 N–H and O–H groups in total. The standard InChI is InChI=1S/C21H22N4O2S2/c1-14-23-18(13-28-14)16-6-4-15(5-7-16)8-9-22-19(26)11-17-12-29-21(24-17)25-10-2-3-20(25)27/h4-7,12-13H,2-3,8-11H2,1H3,(H,22,26). The van der Waals surface area contributed by atoms with Gasteiger partial charge in [-0.25, -0.2) is 9.97 Å². The molecule has 29 heavy (non-hydrogen) atoms. The van der Waals surface area contributed by atoms with E-state index >= 15 is 0 Å². The minimum Gasteiger partial charge on any atom is -0.355 e. The molecule has 0 spiro atoms. The summed E-state index contributed by atoms with van der Waals surface area (Å²) in [7, 11) is 0. The fourth-order valence-electron chi connectivity index (χ4n) is 3.26. The Morgan fingerprint density at radius 3 is 2.69 bits per heavy atom. The Labute approximate surface area is 177 Å². The first-order valence-electron chi connectivity index (χ1n) is 9.61. The number of carbonyl (C=O) groups is 2. The first kappa shape index (κ1) is 19.7. The van der Waals surface area contributed by atoms with Gasteiger partial charge in [0.2, 0.25) is 11.8 Å². The van der Waals surface area contributed by atoms with E-state index in [-0.39, 0.29) is 18.2 Å². The Hall–Kier alpha value is -2.58. The van der Waals surface area contributed by atoms with Crippen molar-refractivity contribution in [1.82, 2.24) is 15.3 Å². The van der Waals surface area contributed by atoms with Crippen LogP contribution in [0.2, 0.25) is 0 Å². The van der Waals surface area contributed by atoms with Crippen LogP contribution in [-0.4, -0.2) is 34.9 Å². The van der Waals surface area contributed by atoms with Gasteiger partial charge in [-0.1, -0.05) is 24.3 Å². The highest BCUT2D eigenvalue weighted by atomic mass is 32.1. The summed E-state index contributed by atoms with van der Waals surface area (Å²) in [6, 6.07) is 8.30. The van der Waals surface area contributed by atoms with Crippen LogP contribution in [0.25, 0.3) is 11.3 Å². The molecule has 150 valence electrons. The van der Waals surface area contributed by atoms with Gasteiger partial charge in [0.05, 0.1) is 22.8 Å². The van der Waals surface area contributed by atoms with E-state index in [2.05, 4.69) is 44.9 Å². The summed E-state index contributed by atoms with van der Waals surface area (Å²) in [6.07, 6.45) is 2.46. The molecule has 2 amide bonds. The van der Waals surface area contributed by atoms with E-state index in [0.717, 1.165) is 35.7 Å². The van der Waals surface area contributed by atoms with Crippen molar-refractivity contribution >= 4 is 39.6 Å². The number of benzene rings is 1. The SMILES string of the molecule is Cc1nc(-c2ccc(CCNC(=O)Cc3csc(N4CCCC4=O)n3)cc2)cs1. The predicted molar refractivity (Wildman–Crippen MR) is 116 cm³/mol. The van der Waals surface area contributed by atoms with Crippen molar-refractivity contribution in [2.75, 3.05) is 18.0 Å². The molecule has 0 bridgehead atoms. The van der Waals surface area contributed by atoms with E-state index in [1.807, 2.05) is 12.3 Å². The fourth-order valence-corrected chi connectivity index (χ4v) is 4.75. The molecule has 0 atom stereocenters. The Morgan fingerprint density at radius 2 is 2.00 bits per heavy atom. The lowest BCUT2D eigenvalue weighted by atomic mass is 10.1. The number of aryl methyl sites for hydroxylation is 1. The highest BCUT2D eigenvalue weighted by molar-refractivity contribution is 7.14. The van der Waals surface area contributed by atoms with Gasteiger partial charge in [0, 0.05) is 35.8 Å². The fraction of sp³-hybridized carbons (Fsp3) is 0.333. The van der Waals surface area contributed by atoms with Crippen LogP contribution >= 0.6 is 22.7 Å². The zero-order valence-corrected chi connectivity index (χ0v) is 17.8. The van der Waals surface area contributed by atoms with Crippen molar-refractivity contribution in [1.29, 1.82) is 0 Å². The van der Waals surface area contributed by atoms with Crippen LogP contribution in [0.3, 0.4) is 0 Å². The van der Waals surface area contributed by atoms with Gasteiger partial charge in [-0.05, 0) is 25.3 Å². The van der Waals surface area contributed by atoms with Crippen LogP contribution in [-0.2, 0) is 22.4 Å². The van der Waals surface area contributed by atoms with Crippen LogP contribution in [0.1, 0.15) is 29.1 Å². The smallest absolute Gasteiger partial charge is 0.228 e. The highest BCUT2D eigenvalue weighted by Crippen LogP contribution is 2.25. The summed E-state index contributed by atoms with van der Waals surface area (Å²) >= 11 is 3.07. The van der Waals surface area contributed by atoms with E-state index in [0.29, 0.717) is 23.8 Å². The molecular weight excluding hydrogens is 404 g/mol. The second kappa shape index (κ2) is 8.84. The third-order valence-electron chi connectivity index (χ3n) is 4.79. The number of rotatable bonds is 7. The quantitative estimate of drug-likeness (QED) is 0.626. The third-order valence-corrected chi connectivity index (χ3v) is 6.48. The lowest BCUT2D eigenvalue weighted by Crippen LogP contribution is -2.27. The molecule has 3 heterocycles. The Bertz CT molecular complexity index is 1010. The van der Waals surface area contributed by atoms with Crippen molar-refractivity contribution in [3.05, 3.63) is 51.3 Å². The molecule has 3 aromatic rings. The number of hydrogen-bond acceptors (Lipinski definition) is 6. The van der Waals surface area contributed by atoms with E-state index in [1.165, 1.54) is 16.9 Å². The molecule has 6 nitrogen and oxygen atoms in total. The first-order valence-corrected chi connectivity index (χ1v) is 11.4. The molecule has 1 aliphatic rings. The molecule has 4 rings (SSSR count). The van der Waals surface area contributed by atoms with Crippen molar-refractivity contribution in [3.8, 4) is 11.3 Å². The Kier molecular flexibility index (Phi) is 6.01. The molecule has 0 aliphatic carbocycles. The highest BCUT2D eigenvalue weighted by Gasteiger charge is 2.24. The summed E-state index contributed by atoms with van der Waals surface area (Å²) in [5.41, 5.74) is 4.00. The number of hydrogen-bond donors (Lipinski definition) is 1. The monoisotopic (exact) mass is 426 g/mol. The first-order chi connectivity index (χ1) is 14.1. The lowest BCUT2D eigenvalue weighted by molar-refractivity contribution is -0.120. The van der Waals surface area contributed by atoms with E-state index < -0.39 is 0 Å². The summed E-state index contributed by atoms with van der Waals surface area (Å²) in [6.45, 7) is 3.30.